The smallest absolute Gasteiger partial charge is 0.328 e. The number of allylic oxidation sites excluding steroid dienone is 1. The fourth-order valence-corrected chi connectivity index (χ4v) is 3.05. The Balaban J connectivity index is 1.81. The Morgan fingerprint density at radius 1 is 1.17 bits per heavy atom. The fourth-order valence-electron chi connectivity index (χ4n) is 3.05. The van der Waals surface area contributed by atoms with Crippen LogP contribution >= 0.6 is 0 Å². The first-order chi connectivity index (χ1) is 13.8. The molecule has 0 saturated heterocycles. The molecule has 0 aromatic carbocycles. The molecule has 0 saturated carbocycles. The van der Waals surface area contributed by atoms with E-state index < -0.39 is 23.9 Å². The number of hydrogen-bond donors (Lipinski definition) is 2. The molecule has 3 aromatic heterocycles. The Bertz CT molecular complexity index is 1080. The molecule has 0 bridgehead atoms. The summed E-state index contributed by atoms with van der Waals surface area (Å²) in [7, 11) is 0. The molecule has 1 aliphatic rings. The minimum atomic E-state index is -4.72. The highest BCUT2D eigenvalue weighted by Crippen LogP contribution is 2.37. The molecular weight excluding hydrogens is 387 g/mol. The van der Waals surface area contributed by atoms with Crippen LogP contribution in [-0.4, -0.2) is 30.6 Å². The van der Waals surface area contributed by atoms with Crippen LogP contribution in [-0.2, 0) is 11.0 Å². The Morgan fingerprint density at radius 2 is 1.90 bits per heavy atom. The molecule has 3 aromatic rings. The van der Waals surface area contributed by atoms with Crippen molar-refractivity contribution in [3.05, 3.63) is 71.7 Å². The van der Waals surface area contributed by atoms with E-state index in [-0.39, 0.29) is 11.5 Å². The Morgan fingerprint density at radius 3 is 2.52 bits per heavy atom. The Hall–Kier alpha value is -3.76. The predicted octanol–water partition coefficient (Wildman–Crippen LogP) is 3.01. The highest BCUT2D eigenvalue weighted by Gasteiger charge is 2.41. The maximum Gasteiger partial charge on any atom is 0.453 e. The van der Waals surface area contributed by atoms with E-state index in [1.165, 1.54) is 18.6 Å². The second-order valence-electron chi connectivity index (χ2n) is 6.25. The number of alkyl halides is 3. The molecule has 1 atom stereocenters. The summed E-state index contributed by atoms with van der Waals surface area (Å²) in [5.41, 5.74) is 1.48. The summed E-state index contributed by atoms with van der Waals surface area (Å²) in [6, 6.07) is 5.65. The van der Waals surface area contributed by atoms with Gasteiger partial charge in [0.2, 0.25) is 5.95 Å². The van der Waals surface area contributed by atoms with E-state index in [4.69, 9.17) is 0 Å². The number of hydrogen-bond acceptors (Lipinski definition) is 6. The van der Waals surface area contributed by atoms with E-state index in [0.29, 0.717) is 16.9 Å². The third-order valence-electron chi connectivity index (χ3n) is 4.27. The van der Waals surface area contributed by atoms with Gasteiger partial charge >= 0.3 is 6.18 Å². The number of nitrogens with one attached hydrogen (secondary N) is 2. The lowest BCUT2D eigenvalue weighted by Gasteiger charge is -2.28. The number of nitrogens with zero attached hydrogens (tertiary/aromatic N) is 5. The molecule has 0 aliphatic carbocycles. The highest BCUT2D eigenvalue weighted by atomic mass is 19.4. The summed E-state index contributed by atoms with van der Waals surface area (Å²) in [5, 5.41) is 9.06. The van der Waals surface area contributed by atoms with Gasteiger partial charge in [-0.3, -0.25) is 14.8 Å². The molecule has 2 N–H and O–H groups in total. The molecule has 1 aliphatic heterocycles. The molecule has 148 valence electrons. The van der Waals surface area contributed by atoms with Crippen molar-refractivity contribution >= 4 is 17.5 Å². The van der Waals surface area contributed by atoms with Crippen molar-refractivity contribution in [2.45, 2.75) is 19.1 Å². The standard InChI is InChI=1S/C18H14F3N7O/c1-10-13(15(29)25-12-5-3-7-23-9-12)14(11-4-2-6-22-8-11)28-17(24-10)26-16(27-28)18(19,20)21/h2-9,14H,1H3,(H,25,29)(H,24,26,27)/t14-/m1/s1. The second-order valence-corrected chi connectivity index (χ2v) is 6.25. The third kappa shape index (κ3) is 3.53. The van der Waals surface area contributed by atoms with Gasteiger partial charge in [0.05, 0.1) is 17.5 Å². The first kappa shape index (κ1) is 18.6. The minimum Gasteiger partial charge on any atom is -0.328 e. The van der Waals surface area contributed by atoms with Crippen molar-refractivity contribution in [2.75, 3.05) is 10.6 Å². The maximum atomic E-state index is 13.2. The number of aromatic nitrogens is 5. The second kappa shape index (κ2) is 7.00. The number of fused-ring (bicyclic) bond motifs is 1. The minimum absolute atomic E-state index is 0.110. The van der Waals surface area contributed by atoms with Crippen LogP contribution in [0.15, 0.2) is 60.3 Å². The molecular formula is C18H14F3N7O. The van der Waals surface area contributed by atoms with E-state index >= 15 is 0 Å². The maximum absolute atomic E-state index is 13.2. The van der Waals surface area contributed by atoms with Gasteiger partial charge in [-0.05, 0) is 30.7 Å². The first-order valence-corrected chi connectivity index (χ1v) is 8.47. The van der Waals surface area contributed by atoms with Crippen LogP contribution in [0.25, 0.3) is 0 Å². The summed E-state index contributed by atoms with van der Waals surface area (Å²) in [6.45, 7) is 1.59. The zero-order chi connectivity index (χ0) is 20.6. The fraction of sp³-hybridized carbons (Fsp3) is 0.167. The van der Waals surface area contributed by atoms with Crippen LogP contribution in [0.5, 0.6) is 0 Å². The molecule has 4 heterocycles. The van der Waals surface area contributed by atoms with Gasteiger partial charge in [0, 0.05) is 24.3 Å². The van der Waals surface area contributed by atoms with E-state index in [9.17, 15) is 18.0 Å². The number of carbonyl (C=O) groups excluding carboxylic acids is 1. The quantitative estimate of drug-likeness (QED) is 0.700. The van der Waals surface area contributed by atoms with Gasteiger partial charge in [-0.15, -0.1) is 5.10 Å². The summed E-state index contributed by atoms with van der Waals surface area (Å²) in [6.07, 6.45) is 1.30. The average molecular weight is 401 g/mol. The molecule has 0 radical (unpaired) electrons. The summed E-state index contributed by atoms with van der Waals surface area (Å²) in [5.74, 6) is -1.91. The number of pyridine rings is 2. The van der Waals surface area contributed by atoms with Gasteiger partial charge in [0.1, 0.15) is 6.04 Å². The van der Waals surface area contributed by atoms with E-state index in [1.54, 1.807) is 37.4 Å². The van der Waals surface area contributed by atoms with E-state index in [0.717, 1.165) is 4.68 Å². The molecule has 8 nitrogen and oxygen atoms in total. The molecule has 1 amide bonds. The van der Waals surface area contributed by atoms with Crippen molar-refractivity contribution in [1.29, 1.82) is 0 Å². The zero-order valence-corrected chi connectivity index (χ0v) is 15.0. The van der Waals surface area contributed by atoms with Crippen molar-refractivity contribution < 1.29 is 18.0 Å². The van der Waals surface area contributed by atoms with Crippen molar-refractivity contribution in [3.8, 4) is 0 Å². The summed E-state index contributed by atoms with van der Waals surface area (Å²) >= 11 is 0. The van der Waals surface area contributed by atoms with Crippen molar-refractivity contribution in [3.63, 3.8) is 0 Å². The van der Waals surface area contributed by atoms with Gasteiger partial charge in [0.25, 0.3) is 11.7 Å². The topological polar surface area (TPSA) is 97.6 Å². The van der Waals surface area contributed by atoms with E-state index in [1.807, 2.05) is 0 Å². The SMILES string of the molecule is CC1=C(C(=O)Nc2cccnc2)[C@@H](c2cccnc2)n2nc(C(F)(F)F)nc2N1. The first-order valence-electron chi connectivity index (χ1n) is 8.47. The van der Waals surface area contributed by atoms with E-state index in [2.05, 4.69) is 30.7 Å². The van der Waals surface area contributed by atoms with Crippen LogP contribution in [0, 0.1) is 0 Å². The number of carbonyl (C=O) groups is 1. The zero-order valence-electron chi connectivity index (χ0n) is 15.0. The van der Waals surface area contributed by atoms with Crippen LogP contribution in [0.3, 0.4) is 0 Å². The van der Waals surface area contributed by atoms with Crippen LogP contribution in [0.4, 0.5) is 24.8 Å². The third-order valence-corrected chi connectivity index (χ3v) is 4.27. The predicted molar refractivity (Wildman–Crippen MR) is 96.6 cm³/mol. The van der Waals surface area contributed by atoms with Crippen LogP contribution in [0.1, 0.15) is 24.4 Å². The molecule has 0 unspecified atom stereocenters. The van der Waals surface area contributed by atoms with Crippen LogP contribution < -0.4 is 10.6 Å². The van der Waals surface area contributed by atoms with Crippen LogP contribution in [0.2, 0.25) is 0 Å². The van der Waals surface area contributed by atoms with Gasteiger partial charge in [-0.25, -0.2) is 4.68 Å². The molecule has 0 fully saturated rings. The van der Waals surface area contributed by atoms with Gasteiger partial charge in [0.15, 0.2) is 0 Å². The lowest BCUT2D eigenvalue weighted by molar-refractivity contribution is -0.145. The number of rotatable bonds is 3. The van der Waals surface area contributed by atoms with Gasteiger partial charge in [-0.1, -0.05) is 6.07 Å². The average Bonchev–Trinajstić information content (AvgIpc) is 3.12. The molecule has 11 heteroatoms. The van der Waals surface area contributed by atoms with Gasteiger partial charge in [-0.2, -0.15) is 18.2 Å². The molecule has 29 heavy (non-hydrogen) atoms. The van der Waals surface area contributed by atoms with Crippen molar-refractivity contribution in [1.82, 2.24) is 24.7 Å². The Labute approximate surface area is 162 Å². The van der Waals surface area contributed by atoms with Crippen molar-refractivity contribution in [2.24, 2.45) is 0 Å². The number of halogens is 3. The normalized spacial score (nSPS) is 16.2. The lowest BCUT2D eigenvalue weighted by Crippen LogP contribution is -2.31. The Kier molecular flexibility index (Phi) is 4.49. The monoisotopic (exact) mass is 401 g/mol. The number of amides is 1. The molecule has 0 spiro atoms. The van der Waals surface area contributed by atoms with Gasteiger partial charge < -0.3 is 10.6 Å². The lowest BCUT2D eigenvalue weighted by atomic mass is 9.96. The summed E-state index contributed by atoms with van der Waals surface area (Å²) in [4.78, 5) is 24.5. The summed E-state index contributed by atoms with van der Waals surface area (Å²) < 4.78 is 40.5. The number of anilines is 2. The highest BCUT2D eigenvalue weighted by molar-refractivity contribution is 6.05. The largest absolute Gasteiger partial charge is 0.453 e. The molecule has 4 rings (SSSR count).